The van der Waals surface area contributed by atoms with E-state index in [2.05, 4.69) is 0 Å². The molecule has 1 aromatic rings. The van der Waals surface area contributed by atoms with Crippen LogP contribution in [0.4, 0.5) is 0 Å². The summed E-state index contributed by atoms with van der Waals surface area (Å²) in [6.07, 6.45) is 3.43. The highest BCUT2D eigenvalue weighted by Crippen LogP contribution is 2.32. The third-order valence-electron chi connectivity index (χ3n) is 3.52. The first-order chi connectivity index (χ1) is 12.0. The van der Waals surface area contributed by atoms with E-state index in [9.17, 15) is 9.59 Å². The zero-order chi connectivity index (χ0) is 18.2. The van der Waals surface area contributed by atoms with Crippen molar-refractivity contribution in [3.63, 3.8) is 0 Å². The van der Waals surface area contributed by atoms with Crippen LogP contribution in [0.3, 0.4) is 0 Å². The van der Waals surface area contributed by atoms with Crippen LogP contribution in [-0.4, -0.2) is 41.4 Å². The van der Waals surface area contributed by atoms with Crippen molar-refractivity contribution in [2.45, 2.75) is 26.2 Å². The molecule has 0 N–H and O–H groups in total. The Morgan fingerprint density at radius 1 is 1.32 bits per heavy atom. The van der Waals surface area contributed by atoms with E-state index in [0.29, 0.717) is 28.8 Å². The van der Waals surface area contributed by atoms with Gasteiger partial charge in [0.15, 0.2) is 0 Å². The number of hydrogen-bond donors (Lipinski definition) is 0. The summed E-state index contributed by atoms with van der Waals surface area (Å²) in [4.78, 5) is 26.1. The Morgan fingerprint density at radius 2 is 2.04 bits per heavy atom. The maximum Gasteiger partial charge on any atom is 0.305 e. The lowest BCUT2D eigenvalue weighted by atomic mass is 10.2. The first-order valence-electron chi connectivity index (χ1n) is 8.10. The predicted molar refractivity (Wildman–Crippen MR) is 103 cm³/mol. The van der Waals surface area contributed by atoms with Crippen molar-refractivity contribution in [3.8, 4) is 5.75 Å². The molecule has 0 unspecified atom stereocenters. The molecule has 0 saturated carbocycles. The fraction of sp³-hybridized carbons (Fsp3) is 0.389. The number of rotatable bonds is 8. The average Bonchev–Trinajstić information content (AvgIpc) is 2.88. The monoisotopic (exact) mass is 379 g/mol. The molecule has 1 aliphatic heterocycles. The van der Waals surface area contributed by atoms with Gasteiger partial charge in [-0.15, -0.1) is 0 Å². The predicted octanol–water partition coefficient (Wildman–Crippen LogP) is 3.63. The van der Waals surface area contributed by atoms with Gasteiger partial charge in [-0.3, -0.25) is 14.5 Å². The number of thiocarbonyl (C=S) groups is 1. The Morgan fingerprint density at radius 3 is 2.68 bits per heavy atom. The Labute approximate surface area is 157 Å². The topological polar surface area (TPSA) is 55.8 Å². The van der Waals surface area contributed by atoms with Crippen LogP contribution in [0.1, 0.15) is 31.7 Å². The fourth-order valence-electron chi connectivity index (χ4n) is 2.21. The van der Waals surface area contributed by atoms with Crippen LogP contribution in [0.25, 0.3) is 6.08 Å². The number of methoxy groups -OCH3 is 1. The molecular formula is C18H21NO4S2. The molecule has 7 heteroatoms. The highest BCUT2D eigenvalue weighted by Gasteiger charge is 2.31. The number of carbonyl (C=O) groups is 2. The van der Waals surface area contributed by atoms with Gasteiger partial charge in [-0.2, -0.15) is 0 Å². The number of ether oxygens (including phenoxy) is 2. The molecule has 1 saturated heterocycles. The number of carbonyl (C=O) groups excluding carboxylic acids is 2. The largest absolute Gasteiger partial charge is 0.497 e. The van der Waals surface area contributed by atoms with E-state index >= 15 is 0 Å². The molecule has 0 aliphatic carbocycles. The van der Waals surface area contributed by atoms with E-state index in [0.717, 1.165) is 17.7 Å². The standard InChI is InChI=1S/C18H21NO4S2/c1-3-11-23-16(20)5-4-10-19-17(21)15(25-18(19)24)12-13-6-8-14(22-2)9-7-13/h6-9,12H,3-5,10-11H2,1-2H3. The molecule has 0 aromatic heterocycles. The molecule has 0 atom stereocenters. The van der Waals surface area contributed by atoms with E-state index in [1.165, 1.54) is 11.8 Å². The summed E-state index contributed by atoms with van der Waals surface area (Å²) < 4.78 is 10.7. The van der Waals surface area contributed by atoms with Crippen molar-refractivity contribution in [2.75, 3.05) is 20.3 Å². The van der Waals surface area contributed by atoms with Crippen molar-refractivity contribution in [1.29, 1.82) is 0 Å². The van der Waals surface area contributed by atoms with Gasteiger partial charge in [0.2, 0.25) is 0 Å². The van der Waals surface area contributed by atoms with Crippen LogP contribution in [0.15, 0.2) is 29.2 Å². The van der Waals surface area contributed by atoms with Gasteiger partial charge >= 0.3 is 5.97 Å². The molecule has 0 spiro atoms. The highest BCUT2D eigenvalue weighted by atomic mass is 32.2. The lowest BCUT2D eigenvalue weighted by Crippen LogP contribution is -2.29. The van der Waals surface area contributed by atoms with Crippen molar-refractivity contribution in [2.24, 2.45) is 0 Å². The molecule has 1 heterocycles. The van der Waals surface area contributed by atoms with E-state index in [1.54, 1.807) is 12.0 Å². The van der Waals surface area contributed by atoms with E-state index in [-0.39, 0.29) is 18.3 Å². The maximum absolute atomic E-state index is 12.5. The first kappa shape index (κ1) is 19.5. The number of thioether (sulfide) groups is 1. The summed E-state index contributed by atoms with van der Waals surface area (Å²) in [6.45, 7) is 2.80. The molecule has 0 bridgehead atoms. The number of hydrogen-bond acceptors (Lipinski definition) is 6. The minimum atomic E-state index is -0.235. The van der Waals surface area contributed by atoms with Gasteiger partial charge in [0.1, 0.15) is 10.1 Å². The Bertz CT molecular complexity index is 670. The third kappa shape index (κ3) is 5.57. The normalized spacial score (nSPS) is 15.8. The second-order valence-corrected chi connectivity index (χ2v) is 7.11. The summed E-state index contributed by atoms with van der Waals surface area (Å²) in [5.74, 6) is 0.411. The second kappa shape index (κ2) is 9.58. The molecule has 1 amide bonds. The molecule has 134 valence electrons. The summed E-state index contributed by atoms with van der Waals surface area (Å²) in [5, 5.41) is 0. The maximum atomic E-state index is 12.5. The Balaban J connectivity index is 1.92. The summed E-state index contributed by atoms with van der Waals surface area (Å²) in [5.41, 5.74) is 0.907. The van der Waals surface area contributed by atoms with Gasteiger partial charge < -0.3 is 9.47 Å². The fourth-order valence-corrected chi connectivity index (χ4v) is 3.52. The van der Waals surface area contributed by atoms with Crippen LogP contribution in [0, 0.1) is 0 Å². The smallest absolute Gasteiger partial charge is 0.305 e. The second-order valence-electron chi connectivity index (χ2n) is 5.43. The summed E-state index contributed by atoms with van der Waals surface area (Å²) in [6, 6.07) is 7.45. The van der Waals surface area contributed by atoms with Gasteiger partial charge in [-0.25, -0.2) is 0 Å². The van der Waals surface area contributed by atoms with Gasteiger partial charge in [0.25, 0.3) is 5.91 Å². The van der Waals surface area contributed by atoms with Gasteiger partial charge in [-0.05, 0) is 36.6 Å². The van der Waals surface area contributed by atoms with Crippen LogP contribution in [-0.2, 0) is 14.3 Å². The lowest BCUT2D eigenvalue weighted by molar-refractivity contribution is -0.144. The molecule has 5 nitrogen and oxygen atoms in total. The summed E-state index contributed by atoms with van der Waals surface area (Å²) >= 11 is 6.57. The minimum absolute atomic E-state index is 0.118. The van der Waals surface area contributed by atoms with Crippen molar-refractivity contribution >= 4 is 46.3 Å². The molecule has 2 rings (SSSR count). The molecule has 1 fully saturated rings. The zero-order valence-corrected chi connectivity index (χ0v) is 16.0. The Hall–Kier alpha value is -1.86. The SMILES string of the molecule is CCCOC(=O)CCCN1C(=O)C(=Cc2ccc(OC)cc2)SC1=S. The van der Waals surface area contributed by atoms with Crippen LogP contribution in [0.2, 0.25) is 0 Å². The number of amides is 1. The van der Waals surface area contributed by atoms with Crippen LogP contribution in [0.5, 0.6) is 5.75 Å². The van der Waals surface area contributed by atoms with E-state index < -0.39 is 0 Å². The van der Waals surface area contributed by atoms with Gasteiger partial charge in [-0.1, -0.05) is 43.0 Å². The van der Waals surface area contributed by atoms with Crippen molar-refractivity contribution in [1.82, 2.24) is 4.90 Å². The van der Waals surface area contributed by atoms with Crippen LogP contribution >= 0.6 is 24.0 Å². The van der Waals surface area contributed by atoms with Crippen molar-refractivity contribution in [3.05, 3.63) is 34.7 Å². The average molecular weight is 380 g/mol. The zero-order valence-electron chi connectivity index (χ0n) is 14.3. The minimum Gasteiger partial charge on any atom is -0.497 e. The number of esters is 1. The first-order valence-corrected chi connectivity index (χ1v) is 9.32. The van der Waals surface area contributed by atoms with E-state index in [1.807, 2.05) is 37.3 Å². The molecular weight excluding hydrogens is 358 g/mol. The number of nitrogens with zero attached hydrogens (tertiary/aromatic N) is 1. The molecule has 0 radical (unpaired) electrons. The number of benzene rings is 1. The van der Waals surface area contributed by atoms with Crippen LogP contribution < -0.4 is 4.74 Å². The molecule has 1 aromatic carbocycles. The van der Waals surface area contributed by atoms with Crippen molar-refractivity contribution < 1.29 is 19.1 Å². The van der Waals surface area contributed by atoms with Gasteiger partial charge in [0.05, 0.1) is 18.6 Å². The summed E-state index contributed by atoms with van der Waals surface area (Å²) in [7, 11) is 1.61. The van der Waals surface area contributed by atoms with E-state index in [4.69, 9.17) is 21.7 Å². The quantitative estimate of drug-likeness (QED) is 0.391. The van der Waals surface area contributed by atoms with Gasteiger partial charge in [0, 0.05) is 13.0 Å². The lowest BCUT2D eigenvalue weighted by Gasteiger charge is -2.13. The molecule has 1 aliphatic rings. The highest BCUT2D eigenvalue weighted by molar-refractivity contribution is 8.26. The molecule has 25 heavy (non-hydrogen) atoms. The third-order valence-corrected chi connectivity index (χ3v) is 4.89. The Kier molecular flexibility index (Phi) is 7.46.